The third kappa shape index (κ3) is 5.36. The van der Waals surface area contributed by atoms with E-state index in [4.69, 9.17) is 0 Å². The number of hydrogen-bond donors (Lipinski definition) is 0. The molecule has 0 unspecified atom stereocenters. The molecule has 7 nitrogen and oxygen atoms in total. The Morgan fingerprint density at radius 3 is 2.47 bits per heavy atom. The minimum Gasteiger partial charge on any atom is -0.335 e. The Labute approximate surface area is 205 Å². The van der Waals surface area contributed by atoms with Gasteiger partial charge in [0.1, 0.15) is 0 Å². The lowest BCUT2D eigenvalue weighted by atomic mass is 10.1. The Morgan fingerprint density at radius 1 is 1.15 bits per heavy atom. The summed E-state index contributed by atoms with van der Waals surface area (Å²) in [4.78, 5) is 15.1. The Hall–Kier alpha value is -2.65. The zero-order valence-electron chi connectivity index (χ0n) is 19.7. The molecule has 1 saturated heterocycles. The highest BCUT2D eigenvalue weighted by Gasteiger charge is 2.36. The van der Waals surface area contributed by atoms with Gasteiger partial charge in [0.05, 0.1) is 17.3 Å². The molecule has 1 amide bonds. The molecular weight excluding hydrogens is 468 g/mol. The molecule has 0 aliphatic carbocycles. The Balaban J connectivity index is 1.61. The third-order valence-corrected chi connectivity index (χ3v) is 8.90. The Bertz CT molecular complexity index is 1240. The van der Waals surface area contributed by atoms with E-state index in [0.29, 0.717) is 17.4 Å². The van der Waals surface area contributed by atoms with Gasteiger partial charge in [-0.3, -0.25) is 9.36 Å². The summed E-state index contributed by atoms with van der Waals surface area (Å²) in [7, 11) is -3.08. The summed E-state index contributed by atoms with van der Waals surface area (Å²) >= 11 is 1.33. The molecule has 0 bridgehead atoms. The highest BCUT2D eigenvalue weighted by molar-refractivity contribution is 7.99. The lowest BCUT2D eigenvalue weighted by molar-refractivity contribution is -0.132. The number of rotatable bonds is 8. The first-order chi connectivity index (χ1) is 16.3. The predicted octanol–water partition coefficient (Wildman–Crippen LogP) is 4.15. The molecular formula is C25H30N4O3S2. The lowest BCUT2D eigenvalue weighted by Gasteiger charge is -2.33. The Morgan fingerprint density at radius 2 is 1.85 bits per heavy atom. The number of aryl methyl sites for hydroxylation is 1. The predicted molar refractivity (Wildman–Crippen MR) is 136 cm³/mol. The van der Waals surface area contributed by atoms with Crippen LogP contribution < -0.4 is 0 Å². The Kier molecular flexibility index (Phi) is 7.42. The van der Waals surface area contributed by atoms with Crippen LogP contribution in [-0.4, -0.2) is 63.3 Å². The molecule has 1 fully saturated rings. The second kappa shape index (κ2) is 10.3. The van der Waals surface area contributed by atoms with Crippen molar-refractivity contribution in [2.45, 2.75) is 50.9 Å². The van der Waals surface area contributed by atoms with Gasteiger partial charge in [-0.05, 0) is 38.8 Å². The van der Waals surface area contributed by atoms with Crippen molar-refractivity contribution < 1.29 is 13.2 Å². The average Bonchev–Trinajstić information content (AvgIpc) is 3.41. The van der Waals surface area contributed by atoms with E-state index in [1.54, 1.807) is 4.90 Å². The van der Waals surface area contributed by atoms with Gasteiger partial charge in [0.25, 0.3) is 0 Å². The molecule has 2 heterocycles. The SMILES string of the molecule is CC[C@H](C)N(C(=O)CSc1nnc(-c2ccccc2)n1-c1ccc(C)cc1)[C@@H]1CCS(=O)(=O)C1. The van der Waals surface area contributed by atoms with Crippen LogP contribution in [-0.2, 0) is 14.6 Å². The van der Waals surface area contributed by atoms with Crippen LogP contribution in [0.5, 0.6) is 0 Å². The van der Waals surface area contributed by atoms with E-state index in [1.807, 2.05) is 79.9 Å². The molecule has 2 atom stereocenters. The average molecular weight is 499 g/mol. The van der Waals surface area contributed by atoms with Crippen molar-refractivity contribution in [3.05, 3.63) is 60.2 Å². The quantitative estimate of drug-likeness (QED) is 0.434. The van der Waals surface area contributed by atoms with Crippen LogP contribution in [0.15, 0.2) is 59.8 Å². The van der Waals surface area contributed by atoms with Crippen LogP contribution in [0.1, 0.15) is 32.3 Å². The number of amides is 1. The first kappa shape index (κ1) is 24.5. The first-order valence-electron chi connectivity index (χ1n) is 11.5. The summed E-state index contributed by atoms with van der Waals surface area (Å²) in [6.07, 6.45) is 1.27. The van der Waals surface area contributed by atoms with E-state index in [2.05, 4.69) is 10.2 Å². The topological polar surface area (TPSA) is 85.2 Å². The molecule has 1 aromatic heterocycles. The molecule has 1 aliphatic heterocycles. The normalized spacial score (nSPS) is 18.0. The number of benzene rings is 2. The van der Waals surface area contributed by atoms with Crippen LogP contribution in [0.2, 0.25) is 0 Å². The zero-order valence-corrected chi connectivity index (χ0v) is 21.3. The second-order valence-electron chi connectivity index (χ2n) is 8.75. The molecule has 2 aromatic carbocycles. The maximum Gasteiger partial charge on any atom is 0.233 e. The van der Waals surface area contributed by atoms with Gasteiger partial charge in [-0.1, -0.05) is 66.7 Å². The first-order valence-corrected chi connectivity index (χ1v) is 14.3. The summed E-state index contributed by atoms with van der Waals surface area (Å²) in [5, 5.41) is 9.49. The molecule has 34 heavy (non-hydrogen) atoms. The van der Waals surface area contributed by atoms with Gasteiger partial charge >= 0.3 is 0 Å². The van der Waals surface area contributed by atoms with E-state index in [0.717, 1.165) is 23.2 Å². The number of carbonyl (C=O) groups is 1. The molecule has 180 valence electrons. The summed E-state index contributed by atoms with van der Waals surface area (Å²) < 4.78 is 26.1. The standard InChI is InChI=1S/C25H30N4O3S2/c1-4-19(3)28(22-14-15-34(31,32)17-22)23(30)16-33-25-27-26-24(20-8-6-5-7-9-20)29(25)21-12-10-18(2)11-13-21/h5-13,19,22H,4,14-17H2,1-3H3/t19-,22+/m0/s1. The van der Waals surface area contributed by atoms with Gasteiger partial charge in [0.15, 0.2) is 20.8 Å². The maximum atomic E-state index is 13.3. The molecule has 0 N–H and O–H groups in total. The van der Waals surface area contributed by atoms with Gasteiger partial charge in [-0.25, -0.2) is 8.42 Å². The van der Waals surface area contributed by atoms with Crippen LogP contribution in [0, 0.1) is 6.92 Å². The van der Waals surface area contributed by atoms with Crippen molar-refractivity contribution >= 4 is 27.5 Å². The number of nitrogens with zero attached hydrogens (tertiary/aromatic N) is 4. The maximum absolute atomic E-state index is 13.3. The van der Waals surface area contributed by atoms with Gasteiger partial charge in [-0.2, -0.15) is 0 Å². The molecule has 4 rings (SSSR count). The van der Waals surface area contributed by atoms with Crippen LogP contribution in [0.3, 0.4) is 0 Å². The minimum atomic E-state index is -3.08. The van der Waals surface area contributed by atoms with Crippen molar-refractivity contribution in [3.63, 3.8) is 0 Å². The fourth-order valence-corrected chi connectivity index (χ4v) is 6.80. The number of aromatic nitrogens is 3. The smallest absolute Gasteiger partial charge is 0.233 e. The summed E-state index contributed by atoms with van der Waals surface area (Å²) in [6, 6.07) is 17.7. The molecule has 9 heteroatoms. The fourth-order valence-electron chi connectivity index (χ4n) is 4.27. The number of carbonyl (C=O) groups excluding carboxylic acids is 1. The molecule has 3 aromatic rings. The van der Waals surface area contributed by atoms with E-state index in [9.17, 15) is 13.2 Å². The summed E-state index contributed by atoms with van der Waals surface area (Å²) in [5.41, 5.74) is 3.01. The van der Waals surface area contributed by atoms with Crippen molar-refractivity contribution in [3.8, 4) is 17.1 Å². The van der Waals surface area contributed by atoms with E-state index in [1.165, 1.54) is 11.8 Å². The number of thioether (sulfide) groups is 1. The van der Waals surface area contributed by atoms with Gasteiger partial charge < -0.3 is 4.90 Å². The third-order valence-electron chi connectivity index (χ3n) is 6.24. The van der Waals surface area contributed by atoms with Crippen molar-refractivity contribution in [1.29, 1.82) is 0 Å². The number of sulfone groups is 1. The number of hydrogen-bond acceptors (Lipinski definition) is 6. The van der Waals surface area contributed by atoms with E-state index >= 15 is 0 Å². The van der Waals surface area contributed by atoms with E-state index < -0.39 is 9.84 Å². The van der Waals surface area contributed by atoms with Crippen LogP contribution >= 0.6 is 11.8 Å². The summed E-state index contributed by atoms with van der Waals surface area (Å²) in [5.74, 6) is 0.999. The van der Waals surface area contributed by atoms with Gasteiger partial charge in [0.2, 0.25) is 5.91 Å². The molecule has 0 radical (unpaired) electrons. The molecule has 0 spiro atoms. The minimum absolute atomic E-state index is 0.0266. The highest BCUT2D eigenvalue weighted by Crippen LogP contribution is 2.29. The van der Waals surface area contributed by atoms with Crippen molar-refractivity contribution in [1.82, 2.24) is 19.7 Å². The lowest BCUT2D eigenvalue weighted by Crippen LogP contribution is -2.47. The van der Waals surface area contributed by atoms with Gasteiger partial charge in [-0.15, -0.1) is 10.2 Å². The van der Waals surface area contributed by atoms with Crippen LogP contribution in [0.25, 0.3) is 17.1 Å². The van der Waals surface area contributed by atoms with Crippen molar-refractivity contribution in [2.75, 3.05) is 17.3 Å². The monoisotopic (exact) mass is 498 g/mol. The van der Waals surface area contributed by atoms with Crippen LogP contribution in [0.4, 0.5) is 0 Å². The van der Waals surface area contributed by atoms with Crippen molar-refractivity contribution in [2.24, 2.45) is 0 Å². The highest BCUT2D eigenvalue weighted by atomic mass is 32.2. The van der Waals surface area contributed by atoms with E-state index in [-0.39, 0.29) is 35.2 Å². The zero-order chi connectivity index (χ0) is 24.3. The fraction of sp³-hybridized carbons (Fsp3) is 0.400. The molecule has 0 saturated carbocycles. The second-order valence-corrected chi connectivity index (χ2v) is 11.9. The largest absolute Gasteiger partial charge is 0.335 e. The van der Waals surface area contributed by atoms with Gasteiger partial charge in [0, 0.05) is 23.3 Å². The summed E-state index contributed by atoms with van der Waals surface area (Å²) in [6.45, 7) is 6.03. The molecule has 1 aliphatic rings.